The van der Waals surface area contributed by atoms with Crippen molar-refractivity contribution in [1.82, 2.24) is 0 Å². The molecule has 5 nitrogen and oxygen atoms in total. The number of ether oxygens (including phenoxy) is 3. The molecule has 0 bridgehead atoms. The summed E-state index contributed by atoms with van der Waals surface area (Å²) in [4.78, 5) is 22.9. The van der Waals surface area contributed by atoms with E-state index in [-0.39, 0.29) is 12.4 Å². The lowest BCUT2D eigenvalue weighted by molar-refractivity contribution is -0.136. The van der Waals surface area contributed by atoms with Crippen molar-refractivity contribution < 1.29 is 23.8 Å². The van der Waals surface area contributed by atoms with E-state index in [0.717, 1.165) is 0 Å². The molecule has 0 atom stereocenters. The molecule has 0 fully saturated rings. The van der Waals surface area contributed by atoms with Crippen molar-refractivity contribution in [1.29, 1.82) is 0 Å². The van der Waals surface area contributed by atoms with Gasteiger partial charge in [-0.2, -0.15) is 0 Å². The largest absolute Gasteiger partial charge is 0.497 e. The maximum atomic E-state index is 11.7. The Bertz CT molecular complexity index is 661. The zero-order valence-electron chi connectivity index (χ0n) is 12.4. The van der Waals surface area contributed by atoms with Crippen molar-refractivity contribution >= 4 is 11.8 Å². The third-order valence-corrected chi connectivity index (χ3v) is 2.89. The number of methoxy groups -OCH3 is 1. The standard InChI is InChI=1S/C17H16O5/c1-12(18)13-6-8-14(9-7-13)22-17(19)11-21-16-5-3-4-15(10-16)20-2/h3-10H,11H2,1-2H3. The van der Waals surface area contributed by atoms with E-state index in [0.29, 0.717) is 22.8 Å². The first kappa shape index (κ1) is 15.6. The molecule has 0 heterocycles. The van der Waals surface area contributed by atoms with E-state index >= 15 is 0 Å². The van der Waals surface area contributed by atoms with Crippen molar-refractivity contribution in [2.24, 2.45) is 0 Å². The third-order valence-electron chi connectivity index (χ3n) is 2.89. The zero-order valence-corrected chi connectivity index (χ0v) is 12.4. The van der Waals surface area contributed by atoms with Gasteiger partial charge in [0.05, 0.1) is 7.11 Å². The van der Waals surface area contributed by atoms with E-state index in [1.54, 1.807) is 55.6 Å². The van der Waals surface area contributed by atoms with Gasteiger partial charge in [-0.1, -0.05) is 6.07 Å². The lowest BCUT2D eigenvalue weighted by Gasteiger charge is -2.08. The number of benzene rings is 2. The highest BCUT2D eigenvalue weighted by Gasteiger charge is 2.07. The van der Waals surface area contributed by atoms with E-state index in [2.05, 4.69) is 0 Å². The average molecular weight is 300 g/mol. The fourth-order valence-electron chi connectivity index (χ4n) is 1.75. The fourth-order valence-corrected chi connectivity index (χ4v) is 1.75. The molecule has 0 aromatic heterocycles. The molecule has 0 saturated carbocycles. The normalized spacial score (nSPS) is 9.91. The molecule has 0 unspecified atom stereocenters. The van der Waals surface area contributed by atoms with Crippen molar-refractivity contribution in [2.45, 2.75) is 6.92 Å². The Labute approximate surface area is 128 Å². The molecule has 0 aliphatic carbocycles. The van der Waals surface area contributed by atoms with Crippen LogP contribution in [-0.2, 0) is 4.79 Å². The van der Waals surface area contributed by atoms with Crippen LogP contribution >= 0.6 is 0 Å². The number of esters is 1. The average Bonchev–Trinajstić information content (AvgIpc) is 2.53. The Morgan fingerprint density at radius 1 is 0.955 bits per heavy atom. The quantitative estimate of drug-likeness (QED) is 0.466. The minimum absolute atomic E-state index is 0.0424. The highest BCUT2D eigenvalue weighted by Crippen LogP contribution is 2.19. The molecule has 2 rings (SSSR count). The summed E-state index contributed by atoms with van der Waals surface area (Å²) in [5.41, 5.74) is 0.562. The summed E-state index contributed by atoms with van der Waals surface area (Å²) in [6, 6.07) is 13.3. The molecule has 0 amide bonds. The number of hydrogen-bond acceptors (Lipinski definition) is 5. The lowest BCUT2D eigenvalue weighted by Crippen LogP contribution is -2.17. The van der Waals surface area contributed by atoms with Gasteiger partial charge in [0.25, 0.3) is 0 Å². The highest BCUT2D eigenvalue weighted by molar-refractivity contribution is 5.94. The molecule has 0 radical (unpaired) electrons. The van der Waals surface area contributed by atoms with Gasteiger partial charge >= 0.3 is 5.97 Å². The first-order valence-electron chi connectivity index (χ1n) is 6.67. The minimum atomic E-state index is -0.529. The van der Waals surface area contributed by atoms with Gasteiger partial charge in [0.1, 0.15) is 17.2 Å². The smallest absolute Gasteiger partial charge is 0.349 e. The predicted octanol–water partition coefficient (Wildman–Crippen LogP) is 2.88. The SMILES string of the molecule is COc1cccc(OCC(=O)Oc2ccc(C(C)=O)cc2)c1. The first-order chi connectivity index (χ1) is 10.6. The van der Waals surface area contributed by atoms with Gasteiger partial charge in [0.2, 0.25) is 0 Å². The molecule has 2 aromatic carbocycles. The number of Topliss-reactive ketones (excluding diaryl/α,β-unsaturated/α-hetero) is 1. The number of carbonyl (C=O) groups is 2. The fraction of sp³-hybridized carbons (Fsp3) is 0.176. The molecule has 0 spiro atoms. The molecule has 0 aliphatic heterocycles. The van der Waals surface area contributed by atoms with Gasteiger partial charge < -0.3 is 14.2 Å². The van der Waals surface area contributed by atoms with Crippen molar-refractivity contribution in [3.63, 3.8) is 0 Å². The van der Waals surface area contributed by atoms with Crippen LogP contribution in [0, 0.1) is 0 Å². The van der Waals surface area contributed by atoms with Crippen LogP contribution in [-0.4, -0.2) is 25.5 Å². The van der Waals surface area contributed by atoms with Gasteiger partial charge in [-0.15, -0.1) is 0 Å². The Morgan fingerprint density at radius 3 is 2.27 bits per heavy atom. The van der Waals surface area contributed by atoms with E-state index in [1.807, 2.05) is 0 Å². The molecule has 2 aromatic rings. The maximum Gasteiger partial charge on any atom is 0.349 e. The second kappa shape index (κ2) is 7.26. The van der Waals surface area contributed by atoms with E-state index in [4.69, 9.17) is 14.2 Å². The summed E-state index contributed by atoms with van der Waals surface area (Å²) in [5.74, 6) is 0.954. The van der Waals surface area contributed by atoms with E-state index < -0.39 is 5.97 Å². The van der Waals surface area contributed by atoms with Crippen LogP contribution in [0.25, 0.3) is 0 Å². The molecular weight excluding hydrogens is 284 g/mol. The number of rotatable bonds is 6. The maximum absolute atomic E-state index is 11.7. The summed E-state index contributed by atoms with van der Waals surface area (Å²) in [7, 11) is 1.55. The summed E-state index contributed by atoms with van der Waals surface area (Å²) in [6.45, 7) is 1.25. The van der Waals surface area contributed by atoms with E-state index in [1.165, 1.54) is 6.92 Å². The van der Waals surface area contributed by atoms with Crippen LogP contribution in [0.3, 0.4) is 0 Å². The van der Waals surface area contributed by atoms with Crippen LogP contribution in [0.5, 0.6) is 17.2 Å². The van der Waals surface area contributed by atoms with Crippen LogP contribution in [0.4, 0.5) is 0 Å². The molecule has 0 saturated heterocycles. The van der Waals surface area contributed by atoms with Crippen LogP contribution in [0.15, 0.2) is 48.5 Å². The summed E-state index contributed by atoms with van der Waals surface area (Å²) in [5, 5.41) is 0. The van der Waals surface area contributed by atoms with Gasteiger partial charge in [0.15, 0.2) is 12.4 Å². The monoisotopic (exact) mass is 300 g/mol. The van der Waals surface area contributed by atoms with Crippen LogP contribution in [0.1, 0.15) is 17.3 Å². The predicted molar refractivity (Wildman–Crippen MR) is 80.6 cm³/mol. The molecule has 114 valence electrons. The Kier molecular flexibility index (Phi) is 5.14. The second-order valence-electron chi connectivity index (χ2n) is 4.52. The van der Waals surface area contributed by atoms with Gasteiger partial charge in [-0.25, -0.2) is 4.79 Å². The van der Waals surface area contributed by atoms with Crippen molar-refractivity contribution in [2.75, 3.05) is 13.7 Å². The zero-order chi connectivity index (χ0) is 15.9. The van der Waals surface area contributed by atoms with E-state index in [9.17, 15) is 9.59 Å². The Hall–Kier alpha value is -2.82. The Balaban J connectivity index is 1.88. The molecule has 22 heavy (non-hydrogen) atoms. The minimum Gasteiger partial charge on any atom is -0.497 e. The summed E-state index contributed by atoms with van der Waals surface area (Å²) < 4.78 is 15.5. The van der Waals surface area contributed by atoms with Gasteiger partial charge in [0, 0.05) is 11.6 Å². The van der Waals surface area contributed by atoms with Gasteiger partial charge in [-0.05, 0) is 43.3 Å². The molecule has 5 heteroatoms. The Morgan fingerprint density at radius 2 is 1.64 bits per heavy atom. The third kappa shape index (κ3) is 4.34. The van der Waals surface area contributed by atoms with Crippen LogP contribution in [0.2, 0.25) is 0 Å². The number of hydrogen-bond donors (Lipinski definition) is 0. The lowest BCUT2D eigenvalue weighted by atomic mass is 10.1. The van der Waals surface area contributed by atoms with Crippen LogP contribution < -0.4 is 14.2 Å². The summed E-state index contributed by atoms with van der Waals surface area (Å²) in [6.07, 6.45) is 0. The second-order valence-corrected chi connectivity index (χ2v) is 4.52. The summed E-state index contributed by atoms with van der Waals surface area (Å²) >= 11 is 0. The topological polar surface area (TPSA) is 61.8 Å². The van der Waals surface area contributed by atoms with Crippen molar-refractivity contribution in [3.8, 4) is 17.2 Å². The number of ketones is 1. The first-order valence-corrected chi connectivity index (χ1v) is 6.67. The molecule has 0 N–H and O–H groups in total. The van der Waals surface area contributed by atoms with Gasteiger partial charge in [-0.3, -0.25) is 4.79 Å². The van der Waals surface area contributed by atoms with Crippen molar-refractivity contribution in [3.05, 3.63) is 54.1 Å². The highest BCUT2D eigenvalue weighted by atomic mass is 16.6. The molecular formula is C17H16O5. The molecule has 0 aliphatic rings. The number of carbonyl (C=O) groups excluding carboxylic acids is 2.